The zero-order valence-corrected chi connectivity index (χ0v) is 10.5. The topological polar surface area (TPSA) is 52.8 Å². The smallest absolute Gasteiger partial charge is 0.226 e. The Bertz CT molecular complexity index is 432. The Morgan fingerprint density at radius 3 is 2.76 bits per heavy atom. The van der Waals surface area contributed by atoms with E-state index in [9.17, 15) is 0 Å². The van der Waals surface area contributed by atoms with Gasteiger partial charge in [-0.1, -0.05) is 6.42 Å². The molecular weight excluding hydrogens is 212 g/mol. The molecule has 1 heterocycles. The number of nitriles is 1. The molecule has 0 unspecified atom stereocenters. The Morgan fingerprint density at radius 1 is 1.47 bits per heavy atom. The zero-order chi connectivity index (χ0) is 12.3. The molecule has 0 aliphatic heterocycles. The summed E-state index contributed by atoms with van der Waals surface area (Å²) >= 11 is 0. The molecule has 0 bridgehead atoms. The van der Waals surface area contributed by atoms with E-state index in [0.717, 1.165) is 24.7 Å². The summed E-state index contributed by atoms with van der Waals surface area (Å²) in [6, 6.07) is 3.81. The molecule has 0 saturated heterocycles. The van der Waals surface area contributed by atoms with Crippen molar-refractivity contribution in [1.82, 2.24) is 9.97 Å². The summed E-state index contributed by atoms with van der Waals surface area (Å²) in [5.41, 5.74) is 1.32. The van der Waals surface area contributed by atoms with Gasteiger partial charge in [-0.15, -0.1) is 0 Å². The summed E-state index contributed by atoms with van der Waals surface area (Å²) in [4.78, 5) is 10.9. The standard InChI is InChI=1S/C13H18N4/c1-3-17(9-11-5-4-6-11)13-15-10(2)7-12(8-14)16-13/h7,11H,3-6,9H2,1-2H3. The van der Waals surface area contributed by atoms with Crippen LogP contribution < -0.4 is 4.90 Å². The van der Waals surface area contributed by atoms with Gasteiger partial charge in [0.15, 0.2) is 0 Å². The molecule has 0 spiro atoms. The van der Waals surface area contributed by atoms with E-state index in [1.165, 1.54) is 19.3 Å². The van der Waals surface area contributed by atoms with Crippen molar-refractivity contribution >= 4 is 5.95 Å². The molecule has 1 aromatic rings. The van der Waals surface area contributed by atoms with Gasteiger partial charge in [0.25, 0.3) is 0 Å². The van der Waals surface area contributed by atoms with Crippen LogP contribution in [-0.2, 0) is 0 Å². The van der Waals surface area contributed by atoms with Crippen LogP contribution in [0.25, 0.3) is 0 Å². The van der Waals surface area contributed by atoms with Crippen molar-refractivity contribution in [2.24, 2.45) is 5.92 Å². The van der Waals surface area contributed by atoms with Gasteiger partial charge in [0, 0.05) is 18.8 Å². The summed E-state index contributed by atoms with van der Waals surface area (Å²) in [5.74, 6) is 1.49. The third-order valence-electron chi connectivity index (χ3n) is 3.32. The van der Waals surface area contributed by atoms with E-state index < -0.39 is 0 Å². The van der Waals surface area contributed by atoms with Crippen molar-refractivity contribution in [2.75, 3.05) is 18.0 Å². The van der Waals surface area contributed by atoms with E-state index in [2.05, 4.69) is 27.9 Å². The first-order valence-electron chi connectivity index (χ1n) is 6.23. The second-order valence-electron chi connectivity index (χ2n) is 4.64. The maximum Gasteiger partial charge on any atom is 0.226 e. The second-order valence-corrected chi connectivity index (χ2v) is 4.64. The van der Waals surface area contributed by atoms with Gasteiger partial charge in [-0.3, -0.25) is 0 Å². The van der Waals surface area contributed by atoms with Crippen molar-refractivity contribution in [2.45, 2.75) is 33.1 Å². The lowest BCUT2D eigenvalue weighted by Gasteiger charge is -2.31. The van der Waals surface area contributed by atoms with Gasteiger partial charge < -0.3 is 4.90 Å². The summed E-state index contributed by atoms with van der Waals surface area (Å²) in [5, 5.41) is 8.92. The molecule has 90 valence electrons. The number of hydrogen-bond acceptors (Lipinski definition) is 4. The normalized spacial score (nSPS) is 15.1. The van der Waals surface area contributed by atoms with E-state index in [0.29, 0.717) is 11.6 Å². The maximum absolute atomic E-state index is 8.92. The molecule has 1 aromatic heterocycles. The van der Waals surface area contributed by atoms with Crippen molar-refractivity contribution in [1.29, 1.82) is 5.26 Å². The molecular formula is C13H18N4. The Kier molecular flexibility index (Phi) is 3.58. The lowest BCUT2D eigenvalue weighted by molar-refractivity contribution is 0.317. The molecule has 0 atom stereocenters. The molecule has 1 fully saturated rings. The minimum atomic E-state index is 0.458. The third kappa shape index (κ3) is 2.73. The molecule has 1 saturated carbocycles. The average molecular weight is 230 g/mol. The molecule has 17 heavy (non-hydrogen) atoms. The Morgan fingerprint density at radius 2 is 2.24 bits per heavy atom. The van der Waals surface area contributed by atoms with Crippen molar-refractivity contribution in [3.05, 3.63) is 17.5 Å². The van der Waals surface area contributed by atoms with E-state index in [1.807, 2.05) is 6.92 Å². The number of aromatic nitrogens is 2. The van der Waals surface area contributed by atoms with Gasteiger partial charge in [-0.2, -0.15) is 5.26 Å². The Labute approximate surface area is 102 Å². The zero-order valence-electron chi connectivity index (χ0n) is 10.5. The van der Waals surface area contributed by atoms with E-state index in [1.54, 1.807) is 6.07 Å². The minimum Gasteiger partial charge on any atom is -0.341 e. The van der Waals surface area contributed by atoms with Crippen molar-refractivity contribution in [3.8, 4) is 6.07 Å². The van der Waals surface area contributed by atoms with Crippen LogP contribution in [0.2, 0.25) is 0 Å². The predicted octanol–water partition coefficient (Wildman–Crippen LogP) is 2.28. The van der Waals surface area contributed by atoms with E-state index in [4.69, 9.17) is 5.26 Å². The highest BCUT2D eigenvalue weighted by Crippen LogP contribution is 2.28. The molecule has 0 radical (unpaired) electrons. The number of aryl methyl sites for hydroxylation is 1. The van der Waals surface area contributed by atoms with Crippen molar-refractivity contribution in [3.63, 3.8) is 0 Å². The maximum atomic E-state index is 8.92. The van der Waals surface area contributed by atoms with Gasteiger partial charge in [0.05, 0.1) is 0 Å². The fourth-order valence-corrected chi connectivity index (χ4v) is 2.09. The summed E-state index contributed by atoms with van der Waals surface area (Å²) < 4.78 is 0. The fourth-order valence-electron chi connectivity index (χ4n) is 2.09. The highest BCUT2D eigenvalue weighted by molar-refractivity contribution is 5.36. The predicted molar refractivity (Wildman–Crippen MR) is 66.7 cm³/mol. The lowest BCUT2D eigenvalue weighted by atomic mass is 9.85. The van der Waals surface area contributed by atoms with Gasteiger partial charge in [-0.25, -0.2) is 9.97 Å². The fraction of sp³-hybridized carbons (Fsp3) is 0.615. The largest absolute Gasteiger partial charge is 0.341 e. The molecule has 1 aliphatic rings. The third-order valence-corrected chi connectivity index (χ3v) is 3.32. The number of rotatable bonds is 4. The number of nitrogens with zero attached hydrogens (tertiary/aromatic N) is 4. The molecule has 0 N–H and O–H groups in total. The van der Waals surface area contributed by atoms with E-state index >= 15 is 0 Å². The monoisotopic (exact) mass is 230 g/mol. The molecule has 4 nitrogen and oxygen atoms in total. The van der Waals surface area contributed by atoms with Crippen LogP contribution in [0.4, 0.5) is 5.95 Å². The first-order chi connectivity index (χ1) is 8.22. The summed E-state index contributed by atoms with van der Waals surface area (Å²) in [7, 11) is 0. The van der Waals surface area contributed by atoms with Crippen LogP contribution in [0.1, 0.15) is 37.6 Å². The molecule has 0 aromatic carbocycles. The summed E-state index contributed by atoms with van der Waals surface area (Å²) in [6.45, 7) is 5.93. The number of hydrogen-bond donors (Lipinski definition) is 0. The van der Waals surface area contributed by atoms with Crippen molar-refractivity contribution < 1.29 is 0 Å². The SMILES string of the molecule is CCN(CC1CCC1)c1nc(C)cc(C#N)n1. The second kappa shape index (κ2) is 5.13. The van der Waals surface area contributed by atoms with Crippen LogP contribution in [0.5, 0.6) is 0 Å². The highest BCUT2D eigenvalue weighted by Gasteiger charge is 2.21. The van der Waals surface area contributed by atoms with Crippen LogP contribution in [-0.4, -0.2) is 23.1 Å². The Balaban J connectivity index is 2.17. The van der Waals surface area contributed by atoms with Crippen LogP contribution in [0, 0.1) is 24.2 Å². The van der Waals surface area contributed by atoms with E-state index in [-0.39, 0.29) is 0 Å². The van der Waals surface area contributed by atoms with Crippen LogP contribution in [0.15, 0.2) is 6.07 Å². The molecule has 1 aliphatic carbocycles. The average Bonchev–Trinajstić information content (AvgIpc) is 2.27. The molecule has 0 amide bonds. The van der Waals surface area contributed by atoms with Crippen LogP contribution in [0.3, 0.4) is 0 Å². The van der Waals surface area contributed by atoms with Gasteiger partial charge >= 0.3 is 0 Å². The quantitative estimate of drug-likeness (QED) is 0.796. The number of anilines is 1. The molecule has 4 heteroatoms. The summed E-state index contributed by atoms with van der Waals surface area (Å²) in [6.07, 6.45) is 3.97. The highest BCUT2D eigenvalue weighted by atomic mass is 15.2. The minimum absolute atomic E-state index is 0.458. The van der Waals surface area contributed by atoms with Crippen LogP contribution >= 0.6 is 0 Å². The van der Waals surface area contributed by atoms with Gasteiger partial charge in [0.1, 0.15) is 11.8 Å². The molecule has 2 rings (SSSR count). The lowest BCUT2D eigenvalue weighted by Crippen LogP contribution is -2.33. The first-order valence-corrected chi connectivity index (χ1v) is 6.23. The van der Waals surface area contributed by atoms with Gasteiger partial charge in [0.2, 0.25) is 5.95 Å². The Hall–Kier alpha value is -1.63. The van der Waals surface area contributed by atoms with Gasteiger partial charge in [-0.05, 0) is 38.7 Å². The first kappa shape index (κ1) is 11.8.